The van der Waals surface area contributed by atoms with Crippen LogP contribution in [-0.4, -0.2) is 38.2 Å². The molecular weight excluding hydrogens is 326 g/mol. The maximum Gasteiger partial charge on any atom is 0.197 e. The highest BCUT2D eigenvalue weighted by atomic mass is 16.7. The fraction of sp³-hybridized carbons (Fsp3) is 0.727. The SMILES string of the molecule is CC(Oc1ccc(C(C)(C)CC(C)(C)C)cc1)OC(C)C1CNCCO1. The Bertz CT molecular complexity index is 542. The van der Waals surface area contributed by atoms with E-state index in [9.17, 15) is 0 Å². The van der Waals surface area contributed by atoms with Gasteiger partial charge in [0.25, 0.3) is 0 Å². The molecule has 148 valence electrons. The van der Waals surface area contributed by atoms with Gasteiger partial charge >= 0.3 is 0 Å². The average molecular weight is 364 g/mol. The highest BCUT2D eigenvalue weighted by molar-refractivity contribution is 5.31. The lowest BCUT2D eigenvalue weighted by molar-refractivity contribution is -0.152. The van der Waals surface area contributed by atoms with Gasteiger partial charge in [-0.15, -0.1) is 0 Å². The van der Waals surface area contributed by atoms with Crippen molar-refractivity contribution in [2.75, 3.05) is 19.7 Å². The topological polar surface area (TPSA) is 39.7 Å². The molecule has 0 aromatic heterocycles. The van der Waals surface area contributed by atoms with Crippen molar-refractivity contribution >= 4 is 0 Å². The van der Waals surface area contributed by atoms with Gasteiger partial charge in [0.05, 0.1) is 18.8 Å². The van der Waals surface area contributed by atoms with Gasteiger partial charge in [-0.3, -0.25) is 0 Å². The zero-order chi connectivity index (χ0) is 19.4. The van der Waals surface area contributed by atoms with E-state index in [1.165, 1.54) is 5.56 Å². The summed E-state index contributed by atoms with van der Waals surface area (Å²) in [5.74, 6) is 0.836. The quantitative estimate of drug-likeness (QED) is 0.723. The van der Waals surface area contributed by atoms with Crippen molar-refractivity contribution in [3.05, 3.63) is 29.8 Å². The van der Waals surface area contributed by atoms with Crippen molar-refractivity contribution in [3.8, 4) is 5.75 Å². The van der Waals surface area contributed by atoms with E-state index >= 15 is 0 Å². The van der Waals surface area contributed by atoms with E-state index in [0.29, 0.717) is 5.41 Å². The van der Waals surface area contributed by atoms with Crippen molar-refractivity contribution in [1.29, 1.82) is 0 Å². The van der Waals surface area contributed by atoms with Crippen LogP contribution in [0.1, 0.15) is 60.5 Å². The summed E-state index contributed by atoms with van der Waals surface area (Å²) in [5, 5.41) is 3.33. The smallest absolute Gasteiger partial charge is 0.197 e. The lowest BCUT2D eigenvalue weighted by Gasteiger charge is -2.33. The van der Waals surface area contributed by atoms with Crippen molar-refractivity contribution in [3.63, 3.8) is 0 Å². The van der Waals surface area contributed by atoms with Gasteiger partial charge in [-0.1, -0.05) is 46.8 Å². The van der Waals surface area contributed by atoms with Crippen LogP contribution in [0.3, 0.4) is 0 Å². The maximum absolute atomic E-state index is 5.97. The number of hydrogen-bond donors (Lipinski definition) is 1. The second-order valence-electron chi connectivity index (χ2n) is 9.29. The second kappa shape index (κ2) is 8.73. The molecule has 0 bridgehead atoms. The molecule has 4 heteroatoms. The summed E-state index contributed by atoms with van der Waals surface area (Å²) in [4.78, 5) is 0. The van der Waals surface area contributed by atoms with E-state index in [2.05, 4.69) is 52.1 Å². The van der Waals surface area contributed by atoms with Crippen LogP contribution in [-0.2, 0) is 14.9 Å². The minimum absolute atomic E-state index is 0.0113. The van der Waals surface area contributed by atoms with E-state index in [1.54, 1.807) is 0 Å². The summed E-state index contributed by atoms with van der Waals surface area (Å²) in [6.45, 7) is 17.9. The molecule has 3 atom stereocenters. The van der Waals surface area contributed by atoms with Crippen LogP contribution < -0.4 is 10.1 Å². The first-order valence-electron chi connectivity index (χ1n) is 9.82. The molecular formula is C22H37NO3. The summed E-state index contributed by atoms with van der Waals surface area (Å²) >= 11 is 0. The van der Waals surface area contributed by atoms with Gasteiger partial charge in [-0.05, 0) is 48.8 Å². The third-order valence-corrected chi connectivity index (χ3v) is 4.80. The molecule has 1 N–H and O–H groups in total. The number of hydrogen-bond acceptors (Lipinski definition) is 4. The molecule has 1 aromatic rings. The van der Waals surface area contributed by atoms with Crippen LogP contribution in [0.25, 0.3) is 0 Å². The van der Waals surface area contributed by atoms with Gasteiger partial charge in [0.1, 0.15) is 5.75 Å². The van der Waals surface area contributed by atoms with E-state index in [4.69, 9.17) is 14.2 Å². The molecule has 0 saturated carbocycles. The van der Waals surface area contributed by atoms with Gasteiger partial charge in [0.2, 0.25) is 0 Å². The molecule has 0 aliphatic carbocycles. The van der Waals surface area contributed by atoms with Crippen molar-refractivity contribution in [1.82, 2.24) is 5.32 Å². The monoisotopic (exact) mass is 363 g/mol. The van der Waals surface area contributed by atoms with Crippen LogP contribution in [0.15, 0.2) is 24.3 Å². The Balaban J connectivity index is 1.89. The molecule has 1 fully saturated rings. The molecule has 1 aromatic carbocycles. The Hall–Kier alpha value is -1.10. The summed E-state index contributed by atoms with van der Waals surface area (Å²) < 4.78 is 17.7. The first kappa shape index (κ1) is 21.2. The van der Waals surface area contributed by atoms with Crippen LogP contribution in [0, 0.1) is 5.41 Å². The Morgan fingerprint density at radius 3 is 2.31 bits per heavy atom. The molecule has 0 radical (unpaired) electrons. The lowest BCUT2D eigenvalue weighted by atomic mass is 9.72. The van der Waals surface area contributed by atoms with Gasteiger partial charge in [-0.2, -0.15) is 0 Å². The highest BCUT2D eigenvalue weighted by Crippen LogP contribution is 2.36. The molecule has 0 spiro atoms. The molecule has 2 rings (SSSR count). The standard InChI is InChI=1S/C22H37NO3/c1-16(20-14-23-12-13-24-20)25-17(2)26-19-10-8-18(9-11-19)22(6,7)15-21(3,4)5/h8-11,16-17,20,23H,12-15H2,1-7H3. The predicted octanol–water partition coefficient (Wildman–Crippen LogP) is 4.52. The number of morpholine rings is 1. The molecule has 1 aliphatic heterocycles. The minimum Gasteiger partial charge on any atom is -0.465 e. The lowest BCUT2D eigenvalue weighted by Crippen LogP contribution is -2.46. The Labute approximate surface area is 159 Å². The molecule has 4 nitrogen and oxygen atoms in total. The second-order valence-corrected chi connectivity index (χ2v) is 9.29. The maximum atomic E-state index is 5.97. The molecule has 3 unspecified atom stereocenters. The normalized spacial score (nSPS) is 21.3. The van der Waals surface area contributed by atoms with Crippen molar-refractivity contribution < 1.29 is 14.2 Å². The van der Waals surface area contributed by atoms with Crippen LogP contribution in [0.2, 0.25) is 0 Å². The van der Waals surface area contributed by atoms with Crippen LogP contribution in [0.5, 0.6) is 5.75 Å². The van der Waals surface area contributed by atoms with Gasteiger partial charge in [0, 0.05) is 13.1 Å². The average Bonchev–Trinajstić information content (AvgIpc) is 2.54. The summed E-state index contributed by atoms with van der Waals surface area (Å²) in [5.41, 5.74) is 1.77. The van der Waals surface area contributed by atoms with E-state index in [-0.39, 0.29) is 23.9 Å². The predicted molar refractivity (Wildman–Crippen MR) is 107 cm³/mol. The molecule has 1 heterocycles. The Morgan fingerprint density at radius 1 is 1.12 bits per heavy atom. The molecule has 1 aliphatic rings. The van der Waals surface area contributed by atoms with E-state index < -0.39 is 0 Å². The summed E-state index contributed by atoms with van der Waals surface area (Å²) in [6, 6.07) is 8.43. The van der Waals surface area contributed by atoms with Gasteiger partial charge in [0.15, 0.2) is 6.29 Å². The fourth-order valence-corrected chi connectivity index (χ4v) is 3.91. The molecule has 26 heavy (non-hydrogen) atoms. The third-order valence-electron chi connectivity index (χ3n) is 4.80. The number of ether oxygens (including phenoxy) is 3. The zero-order valence-corrected chi connectivity index (χ0v) is 17.6. The van der Waals surface area contributed by atoms with Crippen LogP contribution >= 0.6 is 0 Å². The van der Waals surface area contributed by atoms with Crippen molar-refractivity contribution in [2.45, 2.75) is 78.8 Å². The highest BCUT2D eigenvalue weighted by Gasteiger charge is 2.27. The Kier molecular flexibility index (Phi) is 7.12. The van der Waals surface area contributed by atoms with Gasteiger partial charge < -0.3 is 19.5 Å². The van der Waals surface area contributed by atoms with E-state index in [0.717, 1.165) is 31.9 Å². The largest absolute Gasteiger partial charge is 0.465 e. The zero-order valence-electron chi connectivity index (χ0n) is 17.6. The molecule has 1 saturated heterocycles. The summed E-state index contributed by atoms with van der Waals surface area (Å²) in [7, 11) is 0. The first-order chi connectivity index (χ1) is 12.1. The Morgan fingerprint density at radius 2 is 1.77 bits per heavy atom. The third kappa shape index (κ3) is 6.57. The van der Waals surface area contributed by atoms with Crippen molar-refractivity contribution in [2.24, 2.45) is 5.41 Å². The minimum atomic E-state index is -0.316. The number of benzene rings is 1. The van der Waals surface area contributed by atoms with E-state index in [1.807, 2.05) is 26.0 Å². The van der Waals surface area contributed by atoms with Gasteiger partial charge in [-0.25, -0.2) is 0 Å². The fourth-order valence-electron chi connectivity index (χ4n) is 3.91. The molecule has 0 amide bonds. The summed E-state index contributed by atoms with van der Waals surface area (Å²) in [6.07, 6.45) is 0.884. The number of nitrogens with one attached hydrogen (secondary N) is 1. The van der Waals surface area contributed by atoms with Crippen LogP contribution in [0.4, 0.5) is 0 Å². The first-order valence-corrected chi connectivity index (χ1v) is 9.82. The number of rotatable bonds is 7.